The Morgan fingerprint density at radius 1 is 1.12 bits per heavy atom. The van der Waals surface area contributed by atoms with Crippen molar-refractivity contribution in [1.29, 1.82) is 0 Å². The van der Waals surface area contributed by atoms with Gasteiger partial charge in [-0.05, 0) is 43.5 Å². The number of nitrogens with one attached hydrogen (secondary N) is 1. The number of carbonyl (C=O) groups excluding carboxylic acids is 1. The number of amides is 1. The van der Waals surface area contributed by atoms with Crippen molar-refractivity contribution in [2.24, 2.45) is 0 Å². The van der Waals surface area contributed by atoms with E-state index in [0.29, 0.717) is 11.6 Å². The Labute approximate surface area is 148 Å². The zero-order valence-corrected chi connectivity index (χ0v) is 15.0. The second kappa shape index (κ2) is 7.13. The molecule has 132 valence electrons. The maximum absolute atomic E-state index is 13.2. The molecular formula is C20H24N2O3. The van der Waals surface area contributed by atoms with Gasteiger partial charge in [0.25, 0.3) is 0 Å². The lowest BCUT2D eigenvalue weighted by molar-refractivity contribution is -0.121. The van der Waals surface area contributed by atoms with Crippen LogP contribution < -0.4 is 14.8 Å². The first kappa shape index (κ1) is 17.3. The summed E-state index contributed by atoms with van der Waals surface area (Å²) in [7, 11) is 3.23. The zero-order valence-electron chi connectivity index (χ0n) is 15.0. The molecule has 0 saturated heterocycles. The third-order valence-corrected chi connectivity index (χ3v) is 5.02. The van der Waals surface area contributed by atoms with Crippen LogP contribution in [0.15, 0.2) is 36.5 Å². The van der Waals surface area contributed by atoms with Gasteiger partial charge in [0, 0.05) is 5.56 Å². The summed E-state index contributed by atoms with van der Waals surface area (Å²) >= 11 is 0. The molecule has 1 aliphatic carbocycles. The van der Waals surface area contributed by atoms with E-state index in [1.807, 2.05) is 37.3 Å². The van der Waals surface area contributed by atoms with Crippen LogP contribution in [-0.4, -0.2) is 25.1 Å². The van der Waals surface area contributed by atoms with Crippen LogP contribution in [0, 0.1) is 6.92 Å². The average Bonchev–Trinajstić information content (AvgIpc) is 3.13. The number of rotatable bonds is 5. The number of ether oxygens (including phenoxy) is 2. The van der Waals surface area contributed by atoms with E-state index >= 15 is 0 Å². The summed E-state index contributed by atoms with van der Waals surface area (Å²) in [6, 6.07) is 9.73. The van der Waals surface area contributed by atoms with Crippen molar-refractivity contribution in [1.82, 2.24) is 4.98 Å². The fourth-order valence-corrected chi connectivity index (χ4v) is 3.63. The van der Waals surface area contributed by atoms with E-state index in [2.05, 4.69) is 10.3 Å². The summed E-state index contributed by atoms with van der Waals surface area (Å²) in [6.07, 6.45) is 5.46. The van der Waals surface area contributed by atoms with Crippen LogP contribution in [0.25, 0.3) is 0 Å². The summed E-state index contributed by atoms with van der Waals surface area (Å²) < 4.78 is 10.4. The van der Waals surface area contributed by atoms with Gasteiger partial charge in [-0.25, -0.2) is 4.98 Å². The average molecular weight is 340 g/mol. The predicted octanol–water partition coefficient (Wildman–Crippen LogP) is 3.86. The number of pyridine rings is 1. The van der Waals surface area contributed by atoms with Crippen molar-refractivity contribution in [3.63, 3.8) is 0 Å². The Hall–Kier alpha value is -2.56. The molecule has 1 saturated carbocycles. The third kappa shape index (κ3) is 3.31. The molecule has 0 atom stereocenters. The number of aryl methyl sites for hydroxylation is 1. The normalized spacial score (nSPS) is 15.6. The molecule has 1 aliphatic rings. The summed E-state index contributed by atoms with van der Waals surface area (Å²) in [5, 5.41) is 3.06. The number of nitrogens with zero attached hydrogens (tertiary/aromatic N) is 1. The molecule has 5 nitrogen and oxygen atoms in total. The minimum atomic E-state index is -0.486. The number of carbonyl (C=O) groups is 1. The predicted molar refractivity (Wildman–Crippen MR) is 97.3 cm³/mol. The smallest absolute Gasteiger partial charge is 0.235 e. The van der Waals surface area contributed by atoms with E-state index in [-0.39, 0.29) is 5.91 Å². The maximum Gasteiger partial charge on any atom is 0.235 e. The van der Waals surface area contributed by atoms with Crippen molar-refractivity contribution in [3.8, 4) is 11.6 Å². The van der Waals surface area contributed by atoms with Crippen LogP contribution in [0.3, 0.4) is 0 Å². The lowest BCUT2D eigenvalue weighted by Crippen LogP contribution is -2.38. The molecule has 1 amide bonds. The summed E-state index contributed by atoms with van der Waals surface area (Å²) in [4.78, 5) is 17.4. The Bertz CT molecular complexity index is 750. The van der Waals surface area contributed by atoms with Crippen LogP contribution in [0.5, 0.6) is 11.6 Å². The van der Waals surface area contributed by atoms with Crippen molar-refractivity contribution in [2.75, 3.05) is 19.5 Å². The fraction of sp³-hybridized carbons (Fsp3) is 0.400. The molecule has 0 radical (unpaired) electrons. The molecule has 1 fully saturated rings. The standard InChI is InChI=1S/C20H24N2O3/c1-14-12-16(13-21-18(14)25-3)22-19(23)20(10-4-5-11-20)15-6-8-17(24-2)9-7-15/h6-9,12-13H,4-5,10-11H2,1-3H3,(H,22,23). The number of methoxy groups -OCH3 is 2. The van der Waals surface area contributed by atoms with E-state index in [9.17, 15) is 4.79 Å². The van der Waals surface area contributed by atoms with E-state index in [1.54, 1.807) is 20.4 Å². The topological polar surface area (TPSA) is 60.5 Å². The van der Waals surface area contributed by atoms with Gasteiger partial charge >= 0.3 is 0 Å². The number of aromatic nitrogens is 1. The van der Waals surface area contributed by atoms with Crippen molar-refractivity contribution >= 4 is 11.6 Å². The molecule has 25 heavy (non-hydrogen) atoms. The van der Waals surface area contributed by atoms with E-state index in [0.717, 1.165) is 42.6 Å². The first-order valence-corrected chi connectivity index (χ1v) is 8.56. The highest BCUT2D eigenvalue weighted by Crippen LogP contribution is 2.42. The van der Waals surface area contributed by atoms with Crippen LogP contribution in [0.4, 0.5) is 5.69 Å². The molecule has 3 rings (SSSR count). The SMILES string of the molecule is COc1ccc(C2(C(=O)Nc3cnc(OC)c(C)c3)CCCC2)cc1. The molecule has 1 heterocycles. The molecule has 1 N–H and O–H groups in total. The fourth-order valence-electron chi connectivity index (χ4n) is 3.63. The summed E-state index contributed by atoms with van der Waals surface area (Å²) in [5.74, 6) is 1.40. The second-order valence-corrected chi connectivity index (χ2v) is 6.52. The quantitative estimate of drug-likeness (QED) is 0.898. The van der Waals surface area contributed by atoms with Crippen LogP contribution >= 0.6 is 0 Å². The highest BCUT2D eigenvalue weighted by Gasteiger charge is 2.42. The zero-order chi connectivity index (χ0) is 17.9. The highest BCUT2D eigenvalue weighted by atomic mass is 16.5. The largest absolute Gasteiger partial charge is 0.497 e. The number of anilines is 1. The van der Waals surface area contributed by atoms with Gasteiger partial charge in [0.2, 0.25) is 11.8 Å². The van der Waals surface area contributed by atoms with Gasteiger partial charge in [-0.1, -0.05) is 25.0 Å². The highest BCUT2D eigenvalue weighted by molar-refractivity contribution is 5.99. The van der Waals surface area contributed by atoms with Gasteiger partial charge in [0.1, 0.15) is 5.75 Å². The molecule has 5 heteroatoms. The van der Waals surface area contributed by atoms with Gasteiger partial charge in [-0.3, -0.25) is 4.79 Å². The van der Waals surface area contributed by atoms with Crippen LogP contribution in [-0.2, 0) is 10.2 Å². The van der Waals surface area contributed by atoms with Gasteiger partial charge < -0.3 is 14.8 Å². The van der Waals surface area contributed by atoms with Crippen LogP contribution in [0.1, 0.15) is 36.8 Å². The molecule has 0 unspecified atom stereocenters. The molecule has 0 bridgehead atoms. The van der Waals surface area contributed by atoms with Crippen LogP contribution in [0.2, 0.25) is 0 Å². The molecule has 0 aliphatic heterocycles. The number of benzene rings is 1. The Morgan fingerprint density at radius 3 is 2.36 bits per heavy atom. The Morgan fingerprint density at radius 2 is 1.80 bits per heavy atom. The number of hydrogen-bond donors (Lipinski definition) is 1. The first-order chi connectivity index (χ1) is 12.1. The van der Waals surface area contributed by atoms with E-state index in [4.69, 9.17) is 9.47 Å². The van der Waals surface area contributed by atoms with E-state index < -0.39 is 5.41 Å². The monoisotopic (exact) mass is 340 g/mol. The minimum Gasteiger partial charge on any atom is -0.497 e. The maximum atomic E-state index is 13.2. The van der Waals surface area contributed by atoms with Crippen molar-refractivity contribution in [3.05, 3.63) is 47.7 Å². The number of hydrogen-bond acceptors (Lipinski definition) is 4. The third-order valence-electron chi connectivity index (χ3n) is 5.02. The van der Waals surface area contributed by atoms with Gasteiger partial charge in [-0.2, -0.15) is 0 Å². The van der Waals surface area contributed by atoms with Crippen molar-refractivity contribution in [2.45, 2.75) is 38.0 Å². The van der Waals surface area contributed by atoms with Gasteiger partial charge in [-0.15, -0.1) is 0 Å². The Kier molecular flexibility index (Phi) is 4.93. The molecular weight excluding hydrogens is 316 g/mol. The lowest BCUT2D eigenvalue weighted by Gasteiger charge is -2.28. The molecule has 1 aromatic carbocycles. The molecule has 1 aromatic heterocycles. The van der Waals surface area contributed by atoms with Gasteiger partial charge in [0.05, 0.1) is 31.5 Å². The van der Waals surface area contributed by atoms with Crippen molar-refractivity contribution < 1.29 is 14.3 Å². The summed E-state index contributed by atoms with van der Waals surface area (Å²) in [5.41, 5.74) is 2.15. The summed E-state index contributed by atoms with van der Waals surface area (Å²) in [6.45, 7) is 1.91. The second-order valence-electron chi connectivity index (χ2n) is 6.52. The van der Waals surface area contributed by atoms with E-state index in [1.165, 1.54) is 0 Å². The lowest BCUT2D eigenvalue weighted by atomic mass is 9.78. The van der Waals surface area contributed by atoms with Gasteiger partial charge in [0.15, 0.2) is 0 Å². The first-order valence-electron chi connectivity index (χ1n) is 8.56. The Balaban J connectivity index is 1.87. The molecule has 0 spiro atoms. The minimum absolute atomic E-state index is 0.0292. The molecule has 2 aromatic rings.